The smallest absolute Gasteiger partial charge is 0.267 e. The lowest BCUT2D eigenvalue weighted by Crippen LogP contribution is -2.40. The van der Waals surface area contributed by atoms with Crippen LogP contribution in [0.25, 0.3) is 10.8 Å². The maximum atomic E-state index is 12.8. The minimum Gasteiger partial charge on any atom is -0.268 e. The first-order valence-corrected chi connectivity index (χ1v) is 7.96. The van der Waals surface area contributed by atoms with E-state index in [1.54, 1.807) is 30.3 Å². The van der Waals surface area contributed by atoms with Gasteiger partial charge in [-0.05, 0) is 35.7 Å². The molecule has 4 rings (SSSR count). The standard InChI is InChI=1S/C17H8BrClN2O2/c18-13-6-5-12-15-10(13)2-1-3-11(15)16(22)21(17(12)23)14-7-4-9(19)8-20-14/h1-8H. The van der Waals surface area contributed by atoms with Crippen molar-refractivity contribution in [1.82, 2.24) is 4.98 Å². The maximum Gasteiger partial charge on any atom is 0.267 e. The van der Waals surface area contributed by atoms with Gasteiger partial charge in [-0.2, -0.15) is 0 Å². The second kappa shape index (κ2) is 5.15. The van der Waals surface area contributed by atoms with Gasteiger partial charge in [-0.25, -0.2) is 9.88 Å². The third-order valence-electron chi connectivity index (χ3n) is 3.80. The van der Waals surface area contributed by atoms with Gasteiger partial charge in [0.1, 0.15) is 5.82 Å². The lowest BCUT2D eigenvalue weighted by atomic mass is 9.94. The van der Waals surface area contributed by atoms with Crippen LogP contribution in [0.15, 0.2) is 53.1 Å². The molecule has 1 aliphatic rings. The lowest BCUT2D eigenvalue weighted by Gasteiger charge is -2.26. The second-order valence-electron chi connectivity index (χ2n) is 5.10. The summed E-state index contributed by atoms with van der Waals surface area (Å²) in [5.74, 6) is -0.517. The Hall–Kier alpha value is -2.24. The normalized spacial score (nSPS) is 13.7. The van der Waals surface area contributed by atoms with Crippen LogP contribution >= 0.6 is 27.5 Å². The zero-order valence-electron chi connectivity index (χ0n) is 11.6. The summed E-state index contributed by atoms with van der Waals surface area (Å²) < 4.78 is 0.844. The van der Waals surface area contributed by atoms with Crippen LogP contribution in [0, 0.1) is 0 Å². The van der Waals surface area contributed by atoms with Crippen molar-refractivity contribution in [2.24, 2.45) is 0 Å². The summed E-state index contributed by atoms with van der Waals surface area (Å²) >= 11 is 9.29. The molecule has 1 aromatic heterocycles. The molecule has 6 heteroatoms. The van der Waals surface area contributed by atoms with Crippen molar-refractivity contribution in [3.8, 4) is 0 Å². The molecular formula is C17H8BrClN2O2. The van der Waals surface area contributed by atoms with Gasteiger partial charge >= 0.3 is 0 Å². The molecule has 3 aromatic rings. The molecule has 2 heterocycles. The average Bonchev–Trinajstić information content (AvgIpc) is 2.56. The highest BCUT2D eigenvalue weighted by Crippen LogP contribution is 2.35. The first-order chi connectivity index (χ1) is 11.1. The molecule has 2 amide bonds. The SMILES string of the molecule is O=C1c2cccc3c(Br)ccc(c23)C(=O)N1c1ccc(Cl)cn1. The molecule has 0 saturated carbocycles. The monoisotopic (exact) mass is 386 g/mol. The summed E-state index contributed by atoms with van der Waals surface area (Å²) in [4.78, 5) is 30.8. The predicted molar refractivity (Wildman–Crippen MR) is 92.0 cm³/mol. The maximum absolute atomic E-state index is 12.8. The van der Waals surface area contributed by atoms with Gasteiger partial charge in [0.25, 0.3) is 11.8 Å². The molecule has 112 valence electrons. The number of aromatic nitrogens is 1. The summed E-state index contributed by atoms with van der Waals surface area (Å²) in [6.45, 7) is 0. The Bertz CT molecular complexity index is 964. The Kier molecular flexibility index (Phi) is 3.21. The third kappa shape index (κ3) is 2.08. The van der Waals surface area contributed by atoms with Crippen molar-refractivity contribution in [3.63, 3.8) is 0 Å². The van der Waals surface area contributed by atoms with Gasteiger partial charge in [0.2, 0.25) is 0 Å². The summed E-state index contributed by atoms with van der Waals surface area (Å²) in [5.41, 5.74) is 0.963. The summed E-state index contributed by atoms with van der Waals surface area (Å²) in [6, 6.07) is 12.1. The summed E-state index contributed by atoms with van der Waals surface area (Å²) in [5, 5.41) is 1.95. The van der Waals surface area contributed by atoms with Crippen molar-refractivity contribution in [2.75, 3.05) is 4.90 Å². The van der Waals surface area contributed by atoms with Gasteiger partial charge in [0.05, 0.1) is 5.02 Å². The third-order valence-corrected chi connectivity index (χ3v) is 4.71. The summed E-state index contributed by atoms with van der Waals surface area (Å²) in [6.07, 6.45) is 1.41. The fourth-order valence-electron chi connectivity index (χ4n) is 2.77. The number of nitrogens with zero attached hydrogens (tertiary/aromatic N) is 2. The predicted octanol–water partition coefficient (Wildman–Crippen LogP) is 4.45. The second-order valence-corrected chi connectivity index (χ2v) is 6.39. The first-order valence-electron chi connectivity index (χ1n) is 6.79. The largest absolute Gasteiger partial charge is 0.268 e. The molecule has 23 heavy (non-hydrogen) atoms. The number of amides is 2. The molecule has 0 saturated heterocycles. The number of hydrogen-bond acceptors (Lipinski definition) is 3. The fourth-order valence-corrected chi connectivity index (χ4v) is 3.34. The Morgan fingerprint density at radius 2 is 1.70 bits per heavy atom. The van der Waals surface area contributed by atoms with Crippen molar-refractivity contribution in [1.29, 1.82) is 0 Å². The van der Waals surface area contributed by atoms with E-state index in [9.17, 15) is 9.59 Å². The van der Waals surface area contributed by atoms with Crippen LogP contribution in [0.1, 0.15) is 20.7 Å². The van der Waals surface area contributed by atoms with Crippen molar-refractivity contribution >= 4 is 55.9 Å². The van der Waals surface area contributed by atoms with E-state index >= 15 is 0 Å². The van der Waals surface area contributed by atoms with Crippen molar-refractivity contribution in [2.45, 2.75) is 0 Å². The molecule has 0 fully saturated rings. The molecule has 0 unspecified atom stereocenters. The Labute approximate surface area is 144 Å². The number of carbonyl (C=O) groups is 2. The first kappa shape index (κ1) is 14.4. The van der Waals surface area contributed by atoms with Crippen LogP contribution in [0.3, 0.4) is 0 Å². The molecule has 0 atom stereocenters. The number of anilines is 1. The van der Waals surface area contributed by atoms with E-state index in [2.05, 4.69) is 20.9 Å². The number of carbonyl (C=O) groups excluding carboxylic acids is 2. The fraction of sp³-hybridized carbons (Fsp3) is 0. The molecular weight excluding hydrogens is 380 g/mol. The molecule has 2 aromatic carbocycles. The lowest BCUT2D eigenvalue weighted by molar-refractivity contribution is 0.0892. The van der Waals surface area contributed by atoms with Crippen LogP contribution in [0.5, 0.6) is 0 Å². The van der Waals surface area contributed by atoms with Crippen molar-refractivity contribution in [3.05, 3.63) is 69.3 Å². The molecule has 0 bridgehead atoms. The van der Waals surface area contributed by atoms with Crippen LogP contribution < -0.4 is 4.90 Å². The highest BCUT2D eigenvalue weighted by atomic mass is 79.9. The Morgan fingerprint density at radius 3 is 2.39 bits per heavy atom. The van der Waals surface area contributed by atoms with E-state index in [0.717, 1.165) is 14.8 Å². The van der Waals surface area contributed by atoms with E-state index in [1.165, 1.54) is 6.20 Å². The number of pyridine rings is 1. The Morgan fingerprint density at radius 1 is 0.957 bits per heavy atom. The summed E-state index contributed by atoms with van der Waals surface area (Å²) in [7, 11) is 0. The van der Waals surface area contributed by atoms with E-state index in [4.69, 9.17) is 11.6 Å². The molecule has 0 radical (unpaired) electrons. The topological polar surface area (TPSA) is 50.3 Å². The van der Waals surface area contributed by atoms with Gasteiger partial charge in [0.15, 0.2) is 0 Å². The van der Waals surface area contributed by atoms with Gasteiger partial charge in [-0.1, -0.05) is 39.7 Å². The minimum atomic E-state index is -0.388. The number of imide groups is 1. The van der Waals surface area contributed by atoms with E-state index in [1.807, 2.05) is 12.1 Å². The number of rotatable bonds is 1. The van der Waals surface area contributed by atoms with E-state index < -0.39 is 0 Å². The van der Waals surface area contributed by atoms with Crippen LogP contribution in [0.4, 0.5) is 5.82 Å². The zero-order valence-corrected chi connectivity index (χ0v) is 13.9. The number of halogens is 2. The van der Waals surface area contributed by atoms with Crippen LogP contribution in [-0.2, 0) is 0 Å². The van der Waals surface area contributed by atoms with E-state index in [-0.39, 0.29) is 17.6 Å². The zero-order chi connectivity index (χ0) is 16.1. The Balaban J connectivity index is 1.99. The van der Waals surface area contributed by atoms with Crippen LogP contribution in [0.2, 0.25) is 5.02 Å². The van der Waals surface area contributed by atoms with Gasteiger partial charge in [0, 0.05) is 27.2 Å². The quantitative estimate of drug-likeness (QED) is 0.580. The van der Waals surface area contributed by atoms with E-state index in [0.29, 0.717) is 21.5 Å². The molecule has 1 aliphatic heterocycles. The number of hydrogen-bond donors (Lipinski definition) is 0. The average molecular weight is 388 g/mol. The molecule has 0 spiro atoms. The number of benzene rings is 2. The molecule has 0 N–H and O–H groups in total. The molecule has 0 aliphatic carbocycles. The minimum absolute atomic E-state index is 0.259. The highest BCUT2D eigenvalue weighted by molar-refractivity contribution is 9.10. The highest BCUT2D eigenvalue weighted by Gasteiger charge is 2.34. The molecule has 4 nitrogen and oxygen atoms in total. The van der Waals surface area contributed by atoms with Gasteiger partial charge in [-0.15, -0.1) is 0 Å². The van der Waals surface area contributed by atoms with Gasteiger partial charge < -0.3 is 0 Å². The van der Waals surface area contributed by atoms with Crippen LogP contribution in [-0.4, -0.2) is 16.8 Å². The van der Waals surface area contributed by atoms with Crippen molar-refractivity contribution < 1.29 is 9.59 Å². The van der Waals surface area contributed by atoms with Gasteiger partial charge in [-0.3, -0.25) is 9.59 Å².